The average molecular weight is 754 g/mol. The molecule has 1 aromatic heterocycles. The highest BCUT2D eigenvalue weighted by molar-refractivity contribution is 7.99. The van der Waals surface area contributed by atoms with Crippen molar-refractivity contribution in [2.75, 3.05) is 11.1 Å². The van der Waals surface area contributed by atoms with Gasteiger partial charge in [0.1, 0.15) is 16.5 Å². The summed E-state index contributed by atoms with van der Waals surface area (Å²) in [6.07, 6.45) is 0.936. The molecule has 1 saturated heterocycles. The van der Waals surface area contributed by atoms with Crippen LogP contribution < -0.4 is 15.4 Å². The number of pyridine rings is 1. The highest BCUT2D eigenvalue weighted by atomic mass is 32.2. The third-order valence-corrected chi connectivity index (χ3v) is 10.1. The van der Waals surface area contributed by atoms with Gasteiger partial charge in [-0.05, 0) is 82.4 Å². The van der Waals surface area contributed by atoms with E-state index in [0.717, 1.165) is 39.1 Å². The largest absolute Gasteiger partial charge is 0.478 e. The molecule has 0 spiro atoms. The Morgan fingerprint density at radius 1 is 0.764 bits per heavy atom. The molecule has 0 aliphatic carbocycles. The minimum Gasteiger partial charge on any atom is -0.478 e. The van der Waals surface area contributed by atoms with E-state index in [1.807, 2.05) is 103 Å². The number of ether oxygens (including phenoxy) is 3. The van der Waals surface area contributed by atoms with Gasteiger partial charge in [-0.15, -0.1) is 11.8 Å². The van der Waals surface area contributed by atoms with E-state index >= 15 is 0 Å². The van der Waals surface area contributed by atoms with Crippen molar-refractivity contribution >= 4 is 29.4 Å². The number of aromatic carboxylic acids is 1. The van der Waals surface area contributed by atoms with Crippen LogP contribution in [0.1, 0.15) is 51.4 Å². The van der Waals surface area contributed by atoms with Gasteiger partial charge in [-0.25, -0.2) is 14.6 Å². The van der Waals surface area contributed by atoms with E-state index in [4.69, 9.17) is 14.2 Å². The molecule has 2 amide bonds. The second kappa shape index (κ2) is 17.9. The van der Waals surface area contributed by atoms with Gasteiger partial charge in [0, 0.05) is 36.2 Å². The lowest BCUT2D eigenvalue weighted by atomic mass is 9.99. The maximum atomic E-state index is 12.7. The quantitative estimate of drug-likeness (QED) is 0.0850. The van der Waals surface area contributed by atoms with E-state index in [9.17, 15) is 19.8 Å². The second-order valence-electron chi connectivity index (χ2n) is 12.9. The molecule has 4 N–H and O–H groups in total. The number of carboxylic acids is 1. The summed E-state index contributed by atoms with van der Waals surface area (Å²) in [5.41, 5.74) is 6.34. The molecule has 1 aliphatic heterocycles. The molecule has 1 aliphatic rings. The van der Waals surface area contributed by atoms with E-state index in [-0.39, 0.29) is 30.4 Å². The Balaban J connectivity index is 0.984. The SMILES string of the molecule is O=C(NCc1cccc(-c2ccc([C@H]3O[C@@H](CSc4ncccc4C(=O)O)C[C@@H](c4ccc(CO)cc4)O3)cc2)c1)Nc1ccc(Oc2ccccc2)cc1. The Labute approximate surface area is 323 Å². The first-order valence-corrected chi connectivity index (χ1v) is 18.8. The van der Waals surface area contributed by atoms with Gasteiger partial charge in [-0.3, -0.25) is 0 Å². The first kappa shape index (κ1) is 37.3. The van der Waals surface area contributed by atoms with Gasteiger partial charge in [0.25, 0.3) is 0 Å². The Morgan fingerprint density at radius 2 is 1.51 bits per heavy atom. The molecule has 1 fully saturated rings. The van der Waals surface area contributed by atoms with E-state index in [1.54, 1.807) is 42.6 Å². The maximum absolute atomic E-state index is 12.7. The summed E-state index contributed by atoms with van der Waals surface area (Å²) in [7, 11) is 0. The lowest BCUT2D eigenvalue weighted by molar-refractivity contribution is -0.245. The van der Waals surface area contributed by atoms with Crippen molar-refractivity contribution in [1.82, 2.24) is 10.3 Å². The minimum atomic E-state index is -1.02. The molecule has 5 aromatic carbocycles. The fourth-order valence-corrected chi connectivity index (χ4v) is 7.15. The summed E-state index contributed by atoms with van der Waals surface area (Å²) in [5.74, 6) is 0.870. The number of anilines is 1. The normalized spacial score (nSPS) is 16.6. The molecule has 11 heteroatoms. The molecule has 7 rings (SSSR count). The number of carbonyl (C=O) groups is 2. The molecule has 0 saturated carbocycles. The van der Waals surface area contributed by atoms with Crippen molar-refractivity contribution in [3.63, 3.8) is 0 Å². The number of para-hydroxylation sites is 1. The third-order valence-electron chi connectivity index (χ3n) is 9.01. The number of nitrogens with one attached hydrogen (secondary N) is 2. The predicted octanol–water partition coefficient (Wildman–Crippen LogP) is 9.39. The highest BCUT2D eigenvalue weighted by Crippen LogP contribution is 2.40. The Kier molecular flexibility index (Phi) is 12.2. The van der Waals surface area contributed by atoms with Gasteiger partial charge < -0.3 is 35.1 Å². The number of urea groups is 1. The van der Waals surface area contributed by atoms with Crippen molar-refractivity contribution in [2.24, 2.45) is 0 Å². The standard InChI is InChI=1S/C44H39N3O7S/c48-27-29-11-13-32(14-12-29)40-25-38(28-55-41-39(42(49)50)10-5-23-45-41)53-43(54-40)33-17-15-31(16-18-33)34-7-4-6-30(24-34)26-46-44(51)47-35-19-21-37(22-20-35)52-36-8-2-1-3-9-36/h1-24,38,40,43,48H,25-28H2,(H,49,50)(H2,46,47,51)/t38-,40+,43+/m1/s1. The molecule has 3 atom stereocenters. The molecular weight excluding hydrogens is 715 g/mol. The Bertz CT molecular complexity index is 2200. The van der Waals surface area contributed by atoms with Gasteiger partial charge in [0.05, 0.1) is 24.4 Å². The molecule has 2 heterocycles. The molecule has 278 valence electrons. The van der Waals surface area contributed by atoms with Gasteiger partial charge in [0.15, 0.2) is 6.29 Å². The number of aromatic nitrogens is 1. The summed E-state index contributed by atoms with van der Waals surface area (Å²) in [4.78, 5) is 28.8. The number of thioether (sulfide) groups is 1. The summed E-state index contributed by atoms with van der Waals surface area (Å²) in [6.45, 7) is 0.290. The van der Waals surface area contributed by atoms with Crippen molar-refractivity contribution in [3.05, 3.63) is 174 Å². The zero-order chi connectivity index (χ0) is 38.0. The highest BCUT2D eigenvalue weighted by Gasteiger charge is 2.32. The van der Waals surface area contributed by atoms with Crippen LogP contribution in [-0.2, 0) is 22.6 Å². The Morgan fingerprint density at radius 3 is 2.25 bits per heavy atom. The molecule has 10 nitrogen and oxygen atoms in total. The van der Waals surface area contributed by atoms with Crippen LogP contribution in [0.2, 0.25) is 0 Å². The Hall–Kier alpha value is -5.98. The van der Waals surface area contributed by atoms with Crippen LogP contribution in [0.5, 0.6) is 11.5 Å². The van der Waals surface area contributed by atoms with Crippen LogP contribution in [0.4, 0.5) is 10.5 Å². The monoisotopic (exact) mass is 753 g/mol. The fraction of sp³-hybridized carbons (Fsp3) is 0.159. The van der Waals surface area contributed by atoms with Gasteiger partial charge in [-0.2, -0.15) is 0 Å². The van der Waals surface area contributed by atoms with Crippen LogP contribution in [0.25, 0.3) is 11.1 Å². The van der Waals surface area contributed by atoms with Crippen LogP contribution in [0.3, 0.4) is 0 Å². The molecular formula is C44H39N3O7S. The third kappa shape index (κ3) is 9.97. The number of aliphatic hydroxyl groups is 1. The number of hydrogen-bond donors (Lipinski definition) is 4. The average Bonchev–Trinajstić information content (AvgIpc) is 3.23. The number of rotatable bonds is 13. The lowest BCUT2D eigenvalue weighted by Gasteiger charge is -2.36. The smallest absolute Gasteiger partial charge is 0.338 e. The summed E-state index contributed by atoms with van der Waals surface area (Å²) >= 11 is 1.35. The summed E-state index contributed by atoms with van der Waals surface area (Å²) in [5, 5.41) is 25.4. The second-order valence-corrected chi connectivity index (χ2v) is 13.9. The minimum absolute atomic E-state index is 0.0461. The van der Waals surface area contributed by atoms with E-state index < -0.39 is 12.3 Å². The van der Waals surface area contributed by atoms with E-state index in [2.05, 4.69) is 15.6 Å². The number of amides is 2. The van der Waals surface area contributed by atoms with Crippen molar-refractivity contribution < 1.29 is 34.0 Å². The number of carbonyl (C=O) groups excluding carboxylic acids is 1. The zero-order valence-corrected chi connectivity index (χ0v) is 30.5. The van der Waals surface area contributed by atoms with Crippen LogP contribution in [0, 0.1) is 0 Å². The topological polar surface area (TPSA) is 139 Å². The number of nitrogens with zero attached hydrogens (tertiary/aromatic N) is 1. The molecule has 0 unspecified atom stereocenters. The summed E-state index contributed by atoms with van der Waals surface area (Å²) in [6, 6.07) is 43.2. The maximum Gasteiger partial charge on any atom is 0.338 e. The first-order chi connectivity index (χ1) is 26.9. The van der Waals surface area contributed by atoms with Gasteiger partial charge in [-0.1, -0.05) is 84.9 Å². The van der Waals surface area contributed by atoms with Crippen molar-refractivity contribution in [2.45, 2.75) is 43.1 Å². The molecule has 0 radical (unpaired) electrons. The van der Waals surface area contributed by atoms with Crippen LogP contribution in [-0.4, -0.2) is 39.1 Å². The van der Waals surface area contributed by atoms with Gasteiger partial charge in [0.2, 0.25) is 0 Å². The molecule has 55 heavy (non-hydrogen) atoms. The number of carboxylic acid groups (broad SMARTS) is 1. The van der Waals surface area contributed by atoms with Crippen molar-refractivity contribution in [3.8, 4) is 22.6 Å². The van der Waals surface area contributed by atoms with E-state index in [0.29, 0.717) is 35.2 Å². The number of benzene rings is 5. The molecule has 6 aromatic rings. The summed E-state index contributed by atoms with van der Waals surface area (Å²) < 4.78 is 18.8. The lowest BCUT2D eigenvalue weighted by Crippen LogP contribution is -2.31. The fourth-order valence-electron chi connectivity index (χ4n) is 6.15. The van der Waals surface area contributed by atoms with Crippen LogP contribution in [0.15, 0.2) is 151 Å². The number of hydrogen-bond acceptors (Lipinski definition) is 8. The predicted molar refractivity (Wildman–Crippen MR) is 211 cm³/mol. The van der Waals surface area contributed by atoms with Crippen molar-refractivity contribution in [1.29, 1.82) is 0 Å². The van der Waals surface area contributed by atoms with Gasteiger partial charge >= 0.3 is 12.0 Å². The van der Waals surface area contributed by atoms with Crippen LogP contribution >= 0.6 is 11.8 Å². The number of aliphatic hydroxyl groups excluding tert-OH is 1. The van der Waals surface area contributed by atoms with E-state index in [1.165, 1.54) is 11.8 Å². The zero-order valence-electron chi connectivity index (χ0n) is 29.7. The molecule has 0 bridgehead atoms. The first-order valence-electron chi connectivity index (χ1n) is 17.8.